The fraction of sp³-hybridized carbons (Fsp3) is 0.143. The van der Waals surface area contributed by atoms with Crippen LogP contribution in [0.3, 0.4) is 0 Å². The van der Waals surface area contributed by atoms with Crippen LogP contribution in [0.25, 0.3) is 0 Å². The molecule has 0 radical (unpaired) electrons. The van der Waals surface area contributed by atoms with Crippen molar-refractivity contribution in [2.24, 2.45) is 0 Å². The van der Waals surface area contributed by atoms with Gasteiger partial charge in [0.1, 0.15) is 5.75 Å². The molecule has 0 unspecified atom stereocenters. The number of methoxy groups -OCH3 is 1. The van der Waals surface area contributed by atoms with E-state index in [1.165, 1.54) is 42.5 Å². The average molecular weight is 466 g/mol. The van der Waals surface area contributed by atoms with Crippen LogP contribution in [-0.2, 0) is 26.4 Å². The second-order valence-corrected chi connectivity index (χ2v) is 10.7. The molecule has 1 N–H and O–H groups in total. The smallest absolute Gasteiger partial charge is 0.241 e. The van der Waals surface area contributed by atoms with Crippen LogP contribution in [0.15, 0.2) is 81.4 Å². The zero-order valence-corrected chi connectivity index (χ0v) is 18.7. The molecule has 3 aromatic rings. The molecule has 0 fully saturated rings. The Kier molecular flexibility index (Phi) is 6.52. The van der Waals surface area contributed by atoms with Crippen LogP contribution in [0.1, 0.15) is 11.1 Å². The predicted molar refractivity (Wildman–Crippen MR) is 115 cm³/mol. The monoisotopic (exact) mass is 465 g/mol. The van der Waals surface area contributed by atoms with Gasteiger partial charge in [0.25, 0.3) is 0 Å². The highest BCUT2D eigenvalue weighted by molar-refractivity contribution is 7.91. The summed E-state index contributed by atoms with van der Waals surface area (Å²) in [5, 5.41) is 0.406. The van der Waals surface area contributed by atoms with Crippen LogP contribution in [0.4, 0.5) is 0 Å². The molecule has 158 valence electrons. The lowest BCUT2D eigenvalue weighted by Gasteiger charge is -2.12. The zero-order chi connectivity index (χ0) is 21.9. The van der Waals surface area contributed by atoms with Crippen molar-refractivity contribution < 1.29 is 21.6 Å². The normalized spacial score (nSPS) is 12.0. The Balaban J connectivity index is 1.90. The summed E-state index contributed by atoms with van der Waals surface area (Å²) >= 11 is 5.83. The van der Waals surface area contributed by atoms with Crippen molar-refractivity contribution in [3.05, 3.63) is 82.9 Å². The maximum atomic E-state index is 12.9. The molecule has 0 atom stereocenters. The van der Waals surface area contributed by atoms with E-state index >= 15 is 0 Å². The van der Waals surface area contributed by atoms with Crippen LogP contribution in [0, 0.1) is 6.92 Å². The second kappa shape index (κ2) is 8.77. The van der Waals surface area contributed by atoms with Crippen LogP contribution < -0.4 is 9.46 Å². The molecule has 0 spiro atoms. The zero-order valence-electron chi connectivity index (χ0n) is 16.3. The quantitative estimate of drug-likeness (QED) is 0.570. The topological polar surface area (TPSA) is 89.5 Å². The molecular formula is C21H20ClNO5S2. The number of sulfone groups is 1. The first-order valence-electron chi connectivity index (χ1n) is 8.87. The van der Waals surface area contributed by atoms with Crippen LogP contribution in [0.2, 0.25) is 5.02 Å². The van der Waals surface area contributed by atoms with Gasteiger partial charge in [0.2, 0.25) is 19.9 Å². The van der Waals surface area contributed by atoms with E-state index in [9.17, 15) is 16.8 Å². The summed E-state index contributed by atoms with van der Waals surface area (Å²) in [6, 6.07) is 16.7. The number of rotatable bonds is 7. The number of nitrogens with one attached hydrogen (secondary N) is 1. The predicted octanol–water partition coefficient (Wildman–Crippen LogP) is 3.97. The highest BCUT2D eigenvalue weighted by Crippen LogP contribution is 2.26. The molecule has 9 heteroatoms. The molecule has 0 aliphatic carbocycles. The summed E-state index contributed by atoms with van der Waals surface area (Å²) in [6.45, 7) is 1.67. The Morgan fingerprint density at radius 3 is 2.07 bits per heavy atom. The summed E-state index contributed by atoms with van der Waals surface area (Å²) in [5.74, 6) is 0.664. The highest BCUT2D eigenvalue weighted by Gasteiger charge is 2.23. The molecule has 0 saturated carbocycles. The SMILES string of the molecule is COc1ccc(CNS(=O)(=O)c2cc(S(=O)(=O)c3ccc(Cl)cc3)ccc2C)cc1. The third kappa shape index (κ3) is 4.84. The van der Waals surface area contributed by atoms with E-state index in [1.54, 1.807) is 38.3 Å². The van der Waals surface area contributed by atoms with Gasteiger partial charge in [-0.25, -0.2) is 21.6 Å². The van der Waals surface area contributed by atoms with Crippen molar-refractivity contribution in [2.45, 2.75) is 28.2 Å². The van der Waals surface area contributed by atoms with Crippen LogP contribution >= 0.6 is 11.6 Å². The standard InChI is InChI=1S/C21H20ClNO5S2/c1-15-3-10-20(29(24,25)19-11-6-17(22)7-12-19)13-21(15)30(26,27)23-14-16-4-8-18(28-2)9-5-16/h3-13,23H,14H2,1-2H3. The van der Waals surface area contributed by atoms with Crippen molar-refractivity contribution in [1.29, 1.82) is 0 Å². The van der Waals surface area contributed by atoms with Crippen LogP contribution in [0.5, 0.6) is 5.75 Å². The number of ether oxygens (including phenoxy) is 1. The summed E-state index contributed by atoms with van der Waals surface area (Å²) in [5.41, 5.74) is 1.18. The van der Waals surface area contributed by atoms with E-state index in [0.717, 1.165) is 5.56 Å². The fourth-order valence-corrected chi connectivity index (χ4v) is 5.56. The Morgan fingerprint density at radius 1 is 0.867 bits per heavy atom. The summed E-state index contributed by atoms with van der Waals surface area (Å²) in [4.78, 5) is -0.170. The Morgan fingerprint density at radius 2 is 1.47 bits per heavy atom. The molecule has 3 rings (SSSR count). The number of aryl methyl sites for hydroxylation is 1. The first kappa shape index (κ1) is 22.3. The molecule has 0 amide bonds. The van der Waals surface area contributed by atoms with Gasteiger partial charge in [-0.3, -0.25) is 0 Å². The van der Waals surface area contributed by atoms with Gasteiger partial charge in [0, 0.05) is 11.6 Å². The molecule has 3 aromatic carbocycles. The third-order valence-electron chi connectivity index (χ3n) is 4.51. The average Bonchev–Trinajstić information content (AvgIpc) is 2.73. The van der Waals surface area contributed by atoms with E-state index in [4.69, 9.17) is 16.3 Å². The van der Waals surface area contributed by atoms with Gasteiger partial charge < -0.3 is 4.74 Å². The lowest BCUT2D eigenvalue weighted by Crippen LogP contribution is -2.24. The van der Waals surface area contributed by atoms with E-state index < -0.39 is 19.9 Å². The minimum absolute atomic E-state index is 0.0327. The number of benzene rings is 3. The molecule has 0 heterocycles. The Hall–Kier alpha value is -2.39. The minimum atomic E-state index is -3.94. The molecule has 0 bridgehead atoms. The van der Waals surface area contributed by atoms with E-state index in [2.05, 4.69) is 4.72 Å². The van der Waals surface area contributed by atoms with Crippen molar-refractivity contribution in [2.75, 3.05) is 7.11 Å². The first-order chi connectivity index (χ1) is 14.1. The van der Waals surface area contributed by atoms with Gasteiger partial charge in [-0.2, -0.15) is 0 Å². The largest absolute Gasteiger partial charge is 0.497 e. The summed E-state index contributed by atoms with van der Waals surface area (Å²) < 4.78 is 59.1. The number of halogens is 1. The number of sulfonamides is 1. The van der Waals surface area contributed by atoms with Gasteiger partial charge >= 0.3 is 0 Å². The molecule has 0 aromatic heterocycles. The van der Waals surface area contributed by atoms with E-state index in [1.807, 2.05) is 0 Å². The molecule has 6 nitrogen and oxygen atoms in total. The van der Waals surface area contributed by atoms with Crippen molar-refractivity contribution in [3.8, 4) is 5.75 Å². The Bertz CT molecular complexity index is 1250. The first-order valence-corrected chi connectivity index (χ1v) is 12.2. The summed E-state index contributed by atoms with van der Waals surface area (Å²) in [6.07, 6.45) is 0. The molecule has 0 aliphatic rings. The van der Waals surface area contributed by atoms with Gasteiger partial charge in [-0.05, 0) is 66.6 Å². The third-order valence-corrected chi connectivity index (χ3v) is 8.07. The van der Waals surface area contributed by atoms with E-state index in [-0.39, 0.29) is 21.2 Å². The van der Waals surface area contributed by atoms with Gasteiger partial charge in [-0.1, -0.05) is 29.8 Å². The van der Waals surface area contributed by atoms with Crippen molar-refractivity contribution in [1.82, 2.24) is 4.72 Å². The minimum Gasteiger partial charge on any atom is -0.497 e. The lowest BCUT2D eigenvalue weighted by atomic mass is 10.2. The molecule has 0 saturated heterocycles. The second-order valence-electron chi connectivity index (χ2n) is 6.56. The van der Waals surface area contributed by atoms with Crippen LogP contribution in [-0.4, -0.2) is 23.9 Å². The number of hydrogen-bond donors (Lipinski definition) is 1. The number of hydrogen-bond acceptors (Lipinski definition) is 5. The van der Waals surface area contributed by atoms with Gasteiger partial charge in [0.15, 0.2) is 0 Å². The van der Waals surface area contributed by atoms with Gasteiger partial charge in [-0.15, -0.1) is 0 Å². The van der Waals surface area contributed by atoms with Crippen molar-refractivity contribution in [3.63, 3.8) is 0 Å². The lowest BCUT2D eigenvalue weighted by molar-refractivity contribution is 0.414. The van der Waals surface area contributed by atoms with E-state index in [0.29, 0.717) is 16.3 Å². The maximum absolute atomic E-state index is 12.9. The fourth-order valence-electron chi connectivity index (χ4n) is 2.79. The van der Waals surface area contributed by atoms with Crippen molar-refractivity contribution >= 4 is 31.5 Å². The molecule has 0 aliphatic heterocycles. The Labute approximate surface area is 181 Å². The highest BCUT2D eigenvalue weighted by atomic mass is 35.5. The molecule has 30 heavy (non-hydrogen) atoms. The summed E-state index contributed by atoms with van der Waals surface area (Å²) in [7, 11) is -6.29. The maximum Gasteiger partial charge on any atom is 0.241 e. The van der Waals surface area contributed by atoms with Gasteiger partial charge in [0.05, 0.1) is 21.8 Å². The molecular weight excluding hydrogens is 446 g/mol.